The molecular weight excluding hydrogens is 302 g/mol. The van der Waals surface area contributed by atoms with Crippen LogP contribution >= 0.6 is 0 Å². The fourth-order valence-electron chi connectivity index (χ4n) is 1.64. The molecular formula is C15H29NO5Si. The van der Waals surface area contributed by atoms with Gasteiger partial charge in [-0.05, 0) is 38.9 Å². The predicted octanol–water partition coefficient (Wildman–Crippen LogP) is 3.76. The van der Waals surface area contributed by atoms with Crippen LogP contribution in [0.2, 0.25) is 18.1 Å². The third-order valence-electron chi connectivity index (χ3n) is 3.99. The zero-order valence-corrected chi connectivity index (χ0v) is 16.0. The fourth-order valence-corrected chi connectivity index (χ4v) is 2.68. The minimum absolute atomic E-state index is 0.0627. The Balaban J connectivity index is 2.74. The van der Waals surface area contributed by atoms with Crippen LogP contribution in [0, 0.1) is 0 Å². The van der Waals surface area contributed by atoms with Crippen molar-refractivity contribution in [3.05, 3.63) is 0 Å². The molecule has 128 valence electrons. The van der Waals surface area contributed by atoms with Gasteiger partial charge in [-0.1, -0.05) is 20.8 Å². The van der Waals surface area contributed by atoms with E-state index >= 15 is 0 Å². The highest BCUT2D eigenvalue weighted by atomic mass is 28.4. The van der Waals surface area contributed by atoms with Crippen LogP contribution in [-0.4, -0.2) is 50.3 Å². The summed E-state index contributed by atoms with van der Waals surface area (Å²) in [6, 6.07) is -0.434. The molecule has 7 heteroatoms. The normalized spacial score (nSPS) is 20.1. The van der Waals surface area contributed by atoms with Gasteiger partial charge in [-0.25, -0.2) is 14.5 Å². The molecule has 22 heavy (non-hydrogen) atoms. The number of rotatable bonds is 3. The first-order chi connectivity index (χ1) is 9.74. The minimum atomic E-state index is -1.95. The molecule has 0 N–H and O–H groups in total. The van der Waals surface area contributed by atoms with Crippen LogP contribution in [-0.2, 0) is 13.9 Å². The summed E-state index contributed by atoms with van der Waals surface area (Å²) in [6.45, 7) is 16.4. The molecule has 0 aromatic heterocycles. The van der Waals surface area contributed by atoms with Gasteiger partial charge in [0, 0.05) is 0 Å². The lowest BCUT2D eigenvalue weighted by molar-refractivity contribution is 0.0259. The van der Waals surface area contributed by atoms with Gasteiger partial charge in [-0.3, -0.25) is 0 Å². The molecule has 0 bridgehead atoms. The first kappa shape index (κ1) is 19.0. The molecule has 1 atom stereocenters. The first-order valence-electron chi connectivity index (χ1n) is 7.57. The van der Waals surface area contributed by atoms with E-state index in [2.05, 4.69) is 33.9 Å². The number of cyclic esters (lactones) is 1. The molecule has 0 spiro atoms. The number of carbonyl (C=O) groups is 2. The minimum Gasteiger partial charge on any atom is -0.447 e. The van der Waals surface area contributed by atoms with Gasteiger partial charge in [-0.15, -0.1) is 0 Å². The van der Waals surface area contributed by atoms with Crippen LogP contribution in [0.5, 0.6) is 0 Å². The SMILES string of the molecule is CC(C)(C)OC(=O)N1C(=O)OCC1CO[Si](C)(C)C(C)(C)C. The second kappa shape index (κ2) is 6.20. The highest BCUT2D eigenvalue weighted by molar-refractivity contribution is 6.74. The van der Waals surface area contributed by atoms with E-state index in [1.165, 1.54) is 0 Å². The van der Waals surface area contributed by atoms with E-state index in [0.29, 0.717) is 0 Å². The second-order valence-electron chi connectivity index (χ2n) is 8.15. The zero-order valence-electron chi connectivity index (χ0n) is 15.0. The Bertz CT molecular complexity index is 436. The van der Waals surface area contributed by atoms with E-state index in [1.807, 2.05) is 0 Å². The van der Waals surface area contributed by atoms with Crippen molar-refractivity contribution < 1.29 is 23.5 Å². The summed E-state index contributed by atoms with van der Waals surface area (Å²) >= 11 is 0. The molecule has 2 amide bonds. The van der Waals surface area contributed by atoms with Crippen LogP contribution in [0.25, 0.3) is 0 Å². The highest BCUT2D eigenvalue weighted by Gasteiger charge is 2.43. The van der Waals surface area contributed by atoms with Crippen LogP contribution in [0.4, 0.5) is 9.59 Å². The van der Waals surface area contributed by atoms with E-state index in [9.17, 15) is 9.59 Å². The van der Waals surface area contributed by atoms with Gasteiger partial charge in [0.15, 0.2) is 8.32 Å². The summed E-state index contributed by atoms with van der Waals surface area (Å²) < 4.78 is 16.3. The fraction of sp³-hybridized carbons (Fsp3) is 0.867. The lowest BCUT2D eigenvalue weighted by atomic mass is 10.2. The standard InChI is InChI=1S/C15H29NO5Si/c1-14(2,3)21-13(18)16-11(9-19-12(16)17)10-20-22(7,8)15(4,5)6/h11H,9-10H2,1-8H3. The summed E-state index contributed by atoms with van der Waals surface area (Å²) in [6.07, 6.45) is -1.35. The largest absolute Gasteiger partial charge is 0.447 e. The van der Waals surface area contributed by atoms with Crippen molar-refractivity contribution in [3.63, 3.8) is 0 Å². The molecule has 0 saturated carbocycles. The van der Waals surface area contributed by atoms with E-state index in [-0.39, 0.29) is 18.3 Å². The molecule has 0 radical (unpaired) electrons. The maximum atomic E-state index is 12.2. The summed E-state index contributed by atoms with van der Waals surface area (Å²) in [5, 5.41) is 0.0627. The number of ether oxygens (including phenoxy) is 2. The number of nitrogens with zero attached hydrogens (tertiary/aromatic N) is 1. The van der Waals surface area contributed by atoms with Crippen LogP contribution < -0.4 is 0 Å². The maximum Gasteiger partial charge on any atom is 0.420 e. The smallest absolute Gasteiger partial charge is 0.420 e. The summed E-state index contributed by atoms with van der Waals surface area (Å²) in [7, 11) is -1.95. The zero-order chi connectivity index (χ0) is 17.3. The molecule has 1 aliphatic rings. The second-order valence-corrected chi connectivity index (χ2v) is 13.0. The van der Waals surface area contributed by atoms with Gasteiger partial charge in [0.25, 0.3) is 0 Å². The van der Waals surface area contributed by atoms with E-state index in [0.717, 1.165) is 4.90 Å². The molecule has 0 aromatic carbocycles. The van der Waals surface area contributed by atoms with Crippen LogP contribution in [0.1, 0.15) is 41.5 Å². The lowest BCUT2D eigenvalue weighted by Crippen LogP contribution is -2.48. The Morgan fingerprint density at radius 3 is 2.27 bits per heavy atom. The Hall–Kier alpha value is -1.08. The number of hydrogen-bond acceptors (Lipinski definition) is 5. The van der Waals surface area contributed by atoms with Crippen molar-refractivity contribution in [3.8, 4) is 0 Å². The number of carbonyl (C=O) groups excluding carboxylic acids is 2. The summed E-state index contributed by atoms with van der Waals surface area (Å²) in [4.78, 5) is 25.0. The van der Waals surface area contributed by atoms with Gasteiger partial charge in [-0.2, -0.15) is 0 Å². The van der Waals surface area contributed by atoms with Crippen LogP contribution in [0.3, 0.4) is 0 Å². The van der Waals surface area contributed by atoms with Crippen molar-refractivity contribution in [2.75, 3.05) is 13.2 Å². The average Bonchev–Trinajstić information content (AvgIpc) is 2.64. The molecule has 0 aromatic rings. The first-order valence-corrected chi connectivity index (χ1v) is 10.5. The molecule has 1 rings (SSSR count). The van der Waals surface area contributed by atoms with E-state index in [1.54, 1.807) is 20.8 Å². The molecule has 6 nitrogen and oxygen atoms in total. The van der Waals surface area contributed by atoms with Crippen molar-refractivity contribution in [1.29, 1.82) is 0 Å². The maximum absolute atomic E-state index is 12.2. The molecule has 1 fully saturated rings. The number of amides is 2. The van der Waals surface area contributed by atoms with Crippen molar-refractivity contribution in [2.24, 2.45) is 0 Å². The molecule has 1 heterocycles. The Kier molecular flexibility index (Phi) is 5.34. The molecule has 0 aliphatic carbocycles. The van der Waals surface area contributed by atoms with Gasteiger partial charge in [0.2, 0.25) is 0 Å². The van der Waals surface area contributed by atoms with Gasteiger partial charge in [0.1, 0.15) is 18.2 Å². The number of hydrogen-bond donors (Lipinski definition) is 0. The quantitative estimate of drug-likeness (QED) is 0.737. The third kappa shape index (κ3) is 4.71. The Morgan fingerprint density at radius 1 is 1.27 bits per heavy atom. The Morgan fingerprint density at radius 2 is 1.82 bits per heavy atom. The van der Waals surface area contributed by atoms with Gasteiger partial charge >= 0.3 is 12.2 Å². The predicted molar refractivity (Wildman–Crippen MR) is 86.4 cm³/mol. The van der Waals surface area contributed by atoms with Crippen LogP contribution in [0.15, 0.2) is 0 Å². The van der Waals surface area contributed by atoms with E-state index in [4.69, 9.17) is 13.9 Å². The Labute approximate surface area is 134 Å². The molecule has 1 saturated heterocycles. The monoisotopic (exact) mass is 331 g/mol. The van der Waals surface area contributed by atoms with Gasteiger partial charge < -0.3 is 13.9 Å². The molecule has 1 aliphatic heterocycles. The van der Waals surface area contributed by atoms with E-state index < -0.39 is 32.1 Å². The van der Waals surface area contributed by atoms with Crippen molar-refractivity contribution in [2.45, 2.75) is 71.3 Å². The summed E-state index contributed by atoms with van der Waals surface area (Å²) in [5.74, 6) is 0. The van der Waals surface area contributed by atoms with Gasteiger partial charge in [0.05, 0.1) is 6.61 Å². The van der Waals surface area contributed by atoms with Crippen molar-refractivity contribution in [1.82, 2.24) is 4.90 Å². The lowest BCUT2D eigenvalue weighted by Gasteiger charge is -2.37. The average molecular weight is 331 g/mol. The van der Waals surface area contributed by atoms with Crippen molar-refractivity contribution >= 4 is 20.5 Å². The topological polar surface area (TPSA) is 65.1 Å². The number of imide groups is 1. The summed E-state index contributed by atoms with van der Waals surface area (Å²) in [5.41, 5.74) is -0.662. The molecule has 1 unspecified atom stereocenters. The third-order valence-corrected chi connectivity index (χ3v) is 8.49. The highest BCUT2D eigenvalue weighted by Crippen LogP contribution is 2.36.